The van der Waals surface area contributed by atoms with Crippen LogP contribution < -0.4 is 5.32 Å². The van der Waals surface area contributed by atoms with Gasteiger partial charge in [-0.2, -0.15) is 0 Å². The molecular weight excluding hydrogens is 254 g/mol. The zero-order chi connectivity index (χ0) is 14.3. The number of ether oxygens (including phenoxy) is 1. The van der Waals surface area contributed by atoms with Gasteiger partial charge in [0.15, 0.2) is 0 Å². The summed E-state index contributed by atoms with van der Waals surface area (Å²) in [5.74, 6) is 0. The van der Waals surface area contributed by atoms with Crippen LogP contribution in [0.2, 0.25) is 0 Å². The summed E-state index contributed by atoms with van der Waals surface area (Å²) in [4.78, 5) is 1.34. The van der Waals surface area contributed by atoms with Crippen LogP contribution in [-0.4, -0.2) is 32.1 Å². The lowest BCUT2D eigenvalue weighted by Gasteiger charge is -2.19. The molecule has 0 spiro atoms. The van der Waals surface area contributed by atoms with Crippen molar-refractivity contribution in [3.05, 3.63) is 29.8 Å². The summed E-state index contributed by atoms with van der Waals surface area (Å²) in [6.07, 6.45) is 0. The van der Waals surface area contributed by atoms with Gasteiger partial charge in [0, 0.05) is 30.3 Å². The van der Waals surface area contributed by atoms with E-state index in [-0.39, 0.29) is 5.41 Å². The van der Waals surface area contributed by atoms with Crippen molar-refractivity contribution in [1.29, 1.82) is 0 Å². The Labute approximate surface area is 122 Å². The number of hydrogen-bond donors (Lipinski definition) is 1. The maximum atomic E-state index is 5.02. The predicted octanol–water partition coefficient (Wildman–Crippen LogP) is 3.70. The van der Waals surface area contributed by atoms with Crippen molar-refractivity contribution in [2.24, 2.45) is 0 Å². The van der Waals surface area contributed by atoms with Crippen LogP contribution >= 0.6 is 11.8 Å². The van der Waals surface area contributed by atoms with Gasteiger partial charge in [-0.1, -0.05) is 39.8 Å². The molecule has 1 aromatic carbocycles. The van der Waals surface area contributed by atoms with Gasteiger partial charge in [-0.3, -0.25) is 0 Å². The number of hydrogen-bond acceptors (Lipinski definition) is 3. The van der Waals surface area contributed by atoms with Crippen LogP contribution in [0.25, 0.3) is 0 Å². The Balaban J connectivity index is 2.40. The smallest absolute Gasteiger partial charge is 0.0587 e. The minimum absolute atomic E-state index is 0.233. The van der Waals surface area contributed by atoms with Crippen LogP contribution in [0.1, 0.15) is 33.3 Å². The highest BCUT2D eigenvalue weighted by Gasteiger charge is 2.13. The number of nitrogens with one attached hydrogen (secondary N) is 1. The Morgan fingerprint density at radius 2 is 1.84 bits per heavy atom. The van der Waals surface area contributed by atoms with Crippen LogP contribution in [0.3, 0.4) is 0 Å². The fraction of sp³-hybridized carbons (Fsp3) is 0.625. The second-order valence-corrected chi connectivity index (χ2v) is 7.41. The van der Waals surface area contributed by atoms with Gasteiger partial charge in [0.25, 0.3) is 0 Å². The van der Waals surface area contributed by atoms with E-state index in [1.165, 1.54) is 10.5 Å². The maximum absolute atomic E-state index is 5.02. The molecule has 0 saturated carbocycles. The lowest BCUT2D eigenvalue weighted by Crippen LogP contribution is -2.26. The molecule has 0 saturated heterocycles. The van der Waals surface area contributed by atoms with E-state index in [4.69, 9.17) is 4.74 Å². The molecule has 1 unspecified atom stereocenters. The van der Waals surface area contributed by atoms with E-state index in [2.05, 4.69) is 57.3 Å². The van der Waals surface area contributed by atoms with Crippen molar-refractivity contribution in [1.82, 2.24) is 5.32 Å². The summed E-state index contributed by atoms with van der Waals surface area (Å²) in [6, 6.07) is 8.95. The second-order valence-electron chi connectivity index (χ2n) is 5.90. The van der Waals surface area contributed by atoms with Gasteiger partial charge in [-0.25, -0.2) is 0 Å². The zero-order valence-electron chi connectivity index (χ0n) is 12.8. The first kappa shape index (κ1) is 16.5. The molecule has 0 aliphatic carbocycles. The SMILES string of the molecule is COCCNCC(C)Sc1ccc(C(C)(C)C)cc1. The van der Waals surface area contributed by atoms with E-state index < -0.39 is 0 Å². The van der Waals surface area contributed by atoms with Crippen molar-refractivity contribution in [2.75, 3.05) is 26.8 Å². The molecule has 0 fully saturated rings. The topological polar surface area (TPSA) is 21.3 Å². The van der Waals surface area contributed by atoms with Crippen LogP contribution in [0.4, 0.5) is 0 Å². The number of rotatable bonds is 7. The van der Waals surface area contributed by atoms with Crippen LogP contribution in [0.5, 0.6) is 0 Å². The van der Waals surface area contributed by atoms with Gasteiger partial charge in [0.1, 0.15) is 0 Å². The van der Waals surface area contributed by atoms with Gasteiger partial charge in [-0.15, -0.1) is 11.8 Å². The van der Waals surface area contributed by atoms with Crippen LogP contribution in [0, 0.1) is 0 Å². The second kappa shape index (κ2) is 7.93. The monoisotopic (exact) mass is 281 g/mol. The van der Waals surface area contributed by atoms with E-state index in [1.807, 2.05) is 11.8 Å². The number of benzene rings is 1. The van der Waals surface area contributed by atoms with E-state index in [1.54, 1.807) is 7.11 Å². The van der Waals surface area contributed by atoms with Gasteiger partial charge in [-0.05, 0) is 23.1 Å². The lowest BCUT2D eigenvalue weighted by molar-refractivity contribution is 0.199. The molecule has 0 aliphatic rings. The van der Waals surface area contributed by atoms with Crippen molar-refractivity contribution in [2.45, 2.75) is 43.3 Å². The van der Waals surface area contributed by atoms with E-state index >= 15 is 0 Å². The van der Waals surface area contributed by atoms with Crippen molar-refractivity contribution >= 4 is 11.8 Å². The Morgan fingerprint density at radius 1 is 1.21 bits per heavy atom. The van der Waals surface area contributed by atoms with Crippen molar-refractivity contribution in [3.63, 3.8) is 0 Å². The normalized spacial score (nSPS) is 13.5. The molecule has 108 valence electrons. The molecule has 1 rings (SSSR count). The molecule has 0 aromatic heterocycles. The first-order valence-corrected chi connectivity index (χ1v) is 7.78. The van der Waals surface area contributed by atoms with Crippen molar-refractivity contribution < 1.29 is 4.74 Å². The quantitative estimate of drug-likeness (QED) is 0.608. The van der Waals surface area contributed by atoms with Crippen molar-refractivity contribution in [3.8, 4) is 0 Å². The first-order chi connectivity index (χ1) is 8.93. The number of thioether (sulfide) groups is 1. The summed E-state index contributed by atoms with van der Waals surface area (Å²) >= 11 is 1.92. The molecule has 0 aliphatic heterocycles. The van der Waals surface area contributed by atoms with Gasteiger partial charge < -0.3 is 10.1 Å². The van der Waals surface area contributed by atoms with Gasteiger partial charge in [0.2, 0.25) is 0 Å². The summed E-state index contributed by atoms with van der Waals surface area (Å²) in [6.45, 7) is 11.7. The average Bonchev–Trinajstić information content (AvgIpc) is 2.34. The largest absolute Gasteiger partial charge is 0.383 e. The zero-order valence-corrected chi connectivity index (χ0v) is 13.6. The summed E-state index contributed by atoms with van der Waals surface area (Å²) in [5.41, 5.74) is 1.62. The van der Waals surface area contributed by atoms with E-state index in [0.717, 1.165) is 19.7 Å². The molecule has 19 heavy (non-hydrogen) atoms. The molecule has 1 atom stereocenters. The standard InChI is InChI=1S/C16H27NOS/c1-13(12-17-10-11-18-5)19-15-8-6-14(7-9-15)16(2,3)4/h6-9,13,17H,10-12H2,1-5H3. The molecule has 0 bridgehead atoms. The van der Waals surface area contributed by atoms with Crippen LogP contribution in [-0.2, 0) is 10.2 Å². The highest BCUT2D eigenvalue weighted by molar-refractivity contribution is 8.00. The third-order valence-corrected chi connectivity index (χ3v) is 4.09. The first-order valence-electron chi connectivity index (χ1n) is 6.90. The van der Waals surface area contributed by atoms with E-state index in [9.17, 15) is 0 Å². The molecule has 0 heterocycles. The van der Waals surface area contributed by atoms with E-state index in [0.29, 0.717) is 5.25 Å². The third-order valence-electron chi connectivity index (χ3n) is 2.97. The van der Waals surface area contributed by atoms with Crippen LogP contribution in [0.15, 0.2) is 29.2 Å². The minimum Gasteiger partial charge on any atom is -0.383 e. The fourth-order valence-corrected chi connectivity index (χ4v) is 2.75. The highest BCUT2D eigenvalue weighted by atomic mass is 32.2. The Kier molecular flexibility index (Phi) is 6.90. The lowest BCUT2D eigenvalue weighted by atomic mass is 9.87. The number of methoxy groups -OCH3 is 1. The fourth-order valence-electron chi connectivity index (χ4n) is 1.79. The molecule has 1 aromatic rings. The Bertz CT molecular complexity index is 356. The predicted molar refractivity (Wildman–Crippen MR) is 85.2 cm³/mol. The molecule has 3 heteroatoms. The summed E-state index contributed by atoms with van der Waals surface area (Å²) in [5, 5.41) is 3.96. The Morgan fingerprint density at radius 3 is 2.37 bits per heavy atom. The summed E-state index contributed by atoms with van der Waals surface area (Å²) < 4.78 is 5.02. The maximum Gasteiger partial charge on any atom is 0.0587 e. The summed E-state index contributed by atoms with van der Waals surface area (Å²) in [7, 11) is 1.73. The molecule has 2 nitrogen and oxygen atoms in total. The Hall–Kier alpha value is -0.510. The van der Waals surface area contributed by atoms with Gasteiger partial charge in [0.05, 0.1) is 6.61 Å². The average molecular weight is 281 g/mol. The molecular formula is C16H27NOS. The minimum atomic E-state index is 0.233. The molecule has 0 radical (unpaired) electrons. The molecule has 0 amide bonds. The van der Waals surface area contributed by atoms with Gasteiger partial charge >= 0.3 is 0 Å². The highest BCUT2D eigenvalue weighted by Crippen LogP contribution is 2.27. The third kappa shape index (κ3) is 6.46. The molecule has 1 N–H and O–H groups in total.